The van der Waals surface area contributed by atoms with Crippen LogP contribution in [0.1, 0.15) is 29.6 Å². The first-order chi connectivity index (χ1) is 10.1. The van der Waals surface area contributed by atoms with Crippen LogP contribution >= 0.6 is 15.9 Å². The van der Waals surface area contributed by atoms with E-state index in [0.717, 1.165) is 25.9 Å². The number of amides is 2. The number of hydrogen-bond acceptors (Lipinski definition) is 3. The van der Waals surface area contributed by atoms with Crippen LogP contribution in [-0.4, -0.2) is 36.4 Å². The van der Waals surface area contributed by atoms with Gasteiger partial charge < -0.3 is 20.5 Å². The third-order valence-corrected chi connectivity index (χ3v) is 3.91. The van der Waals surface area contributed by atoms with Gasteiger partial charge in [0.1, 0.15) is 0 Å². The molecule has 7 heteroatoms. The number of anilines is 1. The minimum Gasteiger partial charge on any atom is -0.478 e. The molecule has 1 unspecified atom stereocenters. The second-order valence-corrected chi connectivity index (χ2v) is 5.68. The third kappa shape index (κ3) is 4.71. The minimum atomic E-state index is -1.05. The summed E-state index contributed by atoms with van der Waals surface area (Å²) in [7, 11) is 0. The quantitative estimate of drug-likeness (QED) is 0.773. The lowest BCUT2D eigenvalue weighted by Gasteiger charge is -2.22. The van der Waals surface area contributed by atoms with Gasteiger partial charge in [0.15, 0.2) is 0 Å². The largest absolute Gasteiger partial charge is 0.478 e. The van der Waals surface area contributed by atoms with E-state index in [0.29, 0.717) is 16.7 Å². The summed E-state index contributed by atoms with van der Waals surface area (Å²) in [5.74, 6) is -1.05. The second-order valence-electron chi connectivity index (χ2n) is 4.82. The lowest BCUT2D eigenvalue weighted by molar-refractivity contribution is 0.0187. The molecule has 0 bridgehead atoms. The Labute approximate surface area is 131 Å². The molecule has 1 fully saturated rings. The number of halogens is 1. The molecular formula is C14H17BrN2O4. The Morgan fingerprint density at radius 3 is 2.86 bits per heavy atom. The molecule has 1 heterocycles. The van der Waals surface area contributed by atoms with Crippen LogP contribution in [0.15, 0.2) is 22.7 Å². The van der Waals surface area contributed by atoms with Crippen molar-refractivity contribution in [1.29, 1.82) is 0 Å². The molecule has 0 aliphatic carbocycles. The molecule has 2 rings (SSSR count). The van der Waals surface area contributed by atoms with Gasteiger partial charge in [-0.25, -0.2) is 9.59 Å². The van der Waals surface area contributed by atoms with Crippen molar-refractivity contribution in [3.8, 4) is 0 Å². The predicted octanol–water partition coefficient (Wildman–Crippen LogP) is 2.84. The van der Waals surface area contributed by atoms with Gasteiger partial charge in [-0.3, -0.25) is 0 Å². The smallest absolute Gasteiger partial charge is 0.336 e. The lowest BCUT2D eigenvalue weighted by atomic mass is 10.1. The van der Waals surface area contributed by atoms with Crippen molar-refractivity contribution in [3.05, 3.63) is 28.2 Å². The van der Waals surface area contributed by atoms with E-state index in [1.807, 2.05) is 0 Å². The Kier molecular flexibility index (Phi) is 5.58. The summed E-state index contributed by atoms with van der Waals surface area (Å²) in [6.07, 6.45) is 3.19. The average Bonchev–Trinajstić information content (AvgIpc) is 2.48. The fourth-order valence-electron chi connectivity index (χ4n) is 2.12. The van der Waals surface area contributed by atoms with Crippen LogP contribution in [0.3, 0.4) is 0 Å². The van der Waals surface area contributed by atoms with Crippen molar-refractivity contribution in [3.63, 3.8) is 0 Å². The maximum atomic E-state index is 11.8. The highest BCUT2D eigenvalue weighted by molar-refractivity contribution is 9.10. The van der Waals surface area contributed by atoms with E-state index in [4.69, 9.17) is 9.84 Å². The molecule has 6 nitrogen and oxygen atoms in total. The highest BCUT2D eigenvalue weighted by Gasteiger charge is 2.15. The highest BCUT2D eigenvalue weighted by Crippen LogP contribution is 2.21. The Morgan fingerprint density at radius 1 is 1.38 bits per heavy atom. The normalized spacial score (nSPS) is 18.0. The summed E-state index contributed by atoms with van der Waals surface area (Å²) in [6.45, 7) is 1.19. The molecule has 1 aliphatic rings. The van der Waals surface area contributed by atoms with E-state index in [2.05, 4.69) is 26.6 Å². The molecule has 0 spiro atoms. The van der Waals surface area contributed by atoms with E-state index in [1.54, 1.807) is 12.1 Å². The van der Waals surface area contributed by atoms with Crippen molar-refractivity contribution in [2.45, 2.75) is 25.4 Å². The van der Waals surface area contributed by atoms with Crippen molar-refractivity contribution in [1.82, 2.24) is 5.32 Å². The molecule has 3 N–H and O–H groups in total. The van der Waals surface area contributed by atoms with Crippen LogP contribution in [0.4, 0.5) is 10.5 Å². The first kappa shape index (κ1) is 15.8. The standard InChI is InChI=1S/C14H17BrN2O4/c15-12-5-4-9(7-11(12)13(18)19)17-14(20)16-8-10-3-1-2-6-21-10/h4-5,7,10H,1-3,6,8H2,(H,18,19)(H2,16,17,20). The number of nitrogens with one attached hydrogen (secondary N) is 2. The predicted molar refractivity (Wildman–Crippen MR) is 81.7 cm³/mol. The highest BCUT2D eigenvalue weighted by atomic mass is 79.9. The molecule has 1 aromatic carbocycles. The summed E-state index contributed by atoms with van der Waals surface area (Å²) in [4.78, 5) is 22.8. The Balaban J connectivity index is 1.87. The first-order valence-corrected chi connectivity index (χ1v) is 7.55. The molecule has 21 heavy (non-hydrogen) atoms. The molecule has 2 amide bonds. The van der Waals surface area contributed by atoms with E-state index in [1.165, 1.54) is 6.07 Å². The van der Waals surface area contributed by atoms with Gasteiger partial charge in [-0.15, -0.1) is 0 Å². The van der Waals surface area contributed by atoms with E-state index in [-0.39, 0.29) is 17.7 Å². The SMILES string of the molecule is O=C(NCC1CCCCO1)Nc1ccc(Br)c(C(=O)O)c1. The average molecular weight is 357 g/mol. The molecule has 1 saturated heterocycles. The van der Waals surface area contributed by atoms with Crippen molar-refractivity contribution in [2.75, 3.05) is 18.5 Å². The van der Waals surface area contributed by atoms with Gasteiger partial charge >= 0.3 is 12.0 Å². The summed E-state index contributed by atoms with van der Waals surface area (Å²) in [6, 6.07) is 4.25. The molecule has 1 aliphatic heterocycles. The molecule has 0 aromatic heterocycles. The topological polar surface area (TPSA) is 87.7 Å². The van der Waals surface area contributed by atoms with Crippen LogP contribution < -0.4 is 10.6 Å². The summed E-state index contributed by atoms with van der Waals surface area (Å²) < 4.78 is 5.99. The van der Waals surface area contributed by atoms with Gasteiger partial charge in [0.2, 0.25) is 0 Å². The first-order valence-electron chi connectivity index (χ1n) is 6.75. The zero-order valence-corrected chi connectivity index (χ0v) is 13.0. The summed E-state index contributed by atoms with van der Waals surface area (Å²) in [5.41, 5.74) is 0.529. The Bertz CT molecular complexity index is 530. The van der Waals surface area contributed by atoms with E-state index >= 15 is 0 Å². The van der Waals surface area contributed by atoms with Crippen LogP contribution in [0.2, 0.25) is 0 Å². The van der Waals surface area contributed by atoms with Gasteiger partial charge in [0.05, 0.1) is 11.7 Å². The number of aromatic carboxylic acids is 1. The number of ether oxygens (including phenoxy) is 1. The van der Waals surface area contributed by atoms with E-state index < -0.39 is 5.97 Å². The van der Waals surface area contributed by atoms with Gasteiger partial charge in [-0.2, -0.15) is 0 Å². The molecule has 0 radical (unpaired) electrons. The van der Waals surface area contributed by atoms with Crippen LogP contribution in [0.5, 0.6) is 0 Å². The minimum absolute atomic E-state index is 0.0593. The van der Waals surface area contributed by atoms with Crippen LogP contribution in [-0.2, 0) is 4.74 Å². The number of carboxylic acids is 1. The maximum absolute atomic E-state index is 11.8. The van der Waals surface area contributed by atoms with Crippen molar-refractivity contribution in [2.24, 2.45) is 0 Å². The number of rotatable bonds is 4. The van der Waals surface area contributed by atoms with Gasteiger partial charge in [0.25, 0.3) is 0 Å². The zero-order valence-electron chi connectivity index (χ0n) is 11.4. The number of urea groups is 1. The molecule has 0 saturated carbocycles. The second kappa shape index (κ2) is 7.42. The maximum Gasteiger partial charge on any atom is 0.336 e. The number of carbonyl (C=O) groups is 2. The monoisotopic (exact) mass is 356 g/mol. The fraction of sp³-hybridized carbons (Fsp3) is 0.429. The summed E-state index contributed by atoms with van der Waals surface area (Å²) >= 11 is 3.15. The fourth-order valence-corrected chi connectivity index (χ4v) is 2.53. The zero-order chi connectivity index (χ0) is 15.2. The molecule has 1 atom stereocenters. The number of carboxylic acid groups (broad SMARTS) is 1. The number of carbonyl (C=O) groups excluding carboxylic acids is 1. The summed E-state index contributed by atoms with van der Waals surface area (Å²) in [5, 5.41) is 14.4. The lowest BCUT2D eigenvalue weighted by Crippen LogP contribution is -2.37. The van der Waals surface area contributed by atoms with Crippen LogP contribution in [0.25, 0.3) is 0 Å². The van der Waals surface area contributed by atoms with Crippen molar-refractivity contribution < 1.29 is 19.4 Å². The number of benzene rings is 1. The Hall–Kier alpha value is -1.60. The molecular weight excluding hydrogens is 340 g/mol. The van der Waals surface area contributed by atoms with Crippen molar-refractivity contribution >= 4 is 33.6 Å². The van der Waals surface area contributed by atoms with Gasteiger partial charge in [-0.1, -0.05) is 0 Å². The number of hydrogen-bond donors (Lipinski definition) is 3. The van der Waals surface area contributed by atoms with Gasteiger partial charge in [-0.05, 0) is 53.4 Å². The Morgan fingerprint density at radius 2 is 2.19 bits per heavy atom. The van der Waals surface area contributed by atoms with Crippen LogP contribution in [0, 0.1) is 0 Å². The van der Waals surface area contributed by atoms with E-state index in [9.17, 15) is 9.59 Å². The third-order valence-electron chi connectivity index (χ3n) is 3.22. The van der Waals surface area contributed by atoms with Gasteiger partial charge in [0, 0.05) is 23.3 Å². The molecule has 114 valence electrons. The molecule has 1 aromatic rings.